The van der Waals surface area contributed by atoms with Gasteiger partial charge in [0.15, 0.2) is 0 Å². The Labute approximate surface area is 211 Å². The van der Waals surface area contributed by atoms with Crippen LogP contribution in [0.15, 0.2) is 60.8 Å². The number of nitrogens with zero attached hydrogens (tertiary/aromatic N) is 2. The van der Waals surface area contributed by atoms with Gasteiger partial charge in [-0.05, 0) is 78.6 Å². The van der Waals surface area contributed by atoms with Crippen LogP contribution < -0.4 is 14.8 Å². The molecule has 0 radical (unpaired) electrons. The molecule has 0 spiro atoms. The van der Waals surface area contributed by atoms with Crippen molar-refractivity contribution in [1.29, 1.82) is 5.26 Å². The Bertz CT molecular complexity index is 1340. The molecule has 1 heterocycles. The molecule has 9 heteroatoms. The molecule has 2 aliphatic carbocycles. The number of hydrogen-bond donors (Lipinski definition) is 1. The van der Waals surface area contributed by atoms with Crippen molar-refractivity contribution in [2.75, 3.05) is 6.61 Å². The van der Waals surface area contributed by atoms with Crippen molar-refractivity contribution < 1.29 is 23.0 Å². The van der Waals surface area contributed by atoms with Gasteiger partial charge < -0.3 is 19.3 Å². The third kappa shape index (κ3) is 5.56. The third-order valence-corrected chi connectivity index (χ3v) is 7.47. The van der Waals surface area contributed by atoms with E-state index in [2.05, 4.69) is 16.4 Å². The molecule has 0 saturated heterocycles. The molecule has 2 saturated carbocycles. The van der Waals surface area contributed by atoms with Crippen LogP contribution in [0.1, 0.15) is 47.2 Å². The van der Waals surface area contributed by atoms with Gasteiger partial charge in [0.05, 0.1) is 18.2 Å². The second kappa shape index (κ2) is 10.1. The number of nitrogens with one attached hydrogen (secondary N) is 1. The largest absolute Gasteiger partial charge is 0.771 e. The highest BCUT2D eigenvalue weighted by atomic mass is 32.2. The monoisotopic (exact) mass is 502 g/mol. The first kappa shape index (κ1) is 24.0. The van der Waals surface area contributed by atoms with Gasteiger partial charge in [0.1, 0.15) is 17.2 Å². The molecular weight excluding hydrogens is 478 g/mol. The first-order valence-electron chi connectivity index (χ1n) is 11.7. The average molecular weight is 503 g/mol. The molecule has 0 bridgehead atoms. The molecule has 1 atom stereocenters. The van der Waals surface area contributed by atoms with Gasteiger partial charge in [0.25, 0.3) is 5.91 Å². The van der Waals surface area contributed by atoms with Crippen molar-refractivity contribution in [3.63, 3.8) is 0 Å². The Morgan fingerprint density at radius 3 is 2.64 bits per heavy atom. The summed E-state index contributed by atoms with van der Waals surface area (Å²) in [6, 6.07) is 18.1. The van der Waals surface area contributed by atoms with Gasteiger partial charge in [0.2, 0.25) is 5.88 Å². The average Bonchev–Trinajstić information content (AvgIpc) is 3.83. The molecule has 184 valence electrons. The molecule has 2 fully saturated rings. The Morgan fingerprint density at radius 1 is 1.14 bits per heavy atom. The van der Waals surface area contributed by atoms with Crippen LogP contribution in [0.25, 0.3) is 11.1 Å². The number of aromatic nitrogens is 1. The van der Waals surface area contributed by atoms with E-state index in [-0.39, 0.29) is 17.7 Å². The number of carbonyl (C=O) groups is 1. The number of benzene rings is 2. The quantitative estimate of drug-likeness (QED) is 0.414. The van der Waals surface area contributed by atoms with E-state index in [1.165, 1.54) is 18.9 Å². The summed E-state index contributed by atoms with van der Waals surface area (Å²) in [6.45, 7) is 0.850. The number of ether oxygens (including phenoxy) is 2. The summed E-state index contributed by atoms with van der Waals surface area (Å²) >= 11 is -2.39. The zero-order valence-electron chi connectivity index (χ0n) is 19.4. The summed E-state index contributed by atoms with van der Waals surface area (Å²) in [5.74, 6) is 1.39. The van der Waals surface area contributed by atoms with Crippen molar-refractivity contribution in [2.24, 2.45) is 5.92 Å². The minimum absolute atomic E-state index is 0.134. The molecule has 1 N–H and O–H groups in total. The van der Waals surface area contributed by atoms with Gasteiger partial charge in [-0.1, -0.05) is 18.2 Å². The maximum Gasteiger partial charge on any atom is 0.252 e. The lowest BCUT2D eigenvalue weighted by Crippen LogP contribution is -2.40. The van der Waals surface area contributed by atoms with Gasteiger partial charge in [-0.3, -0.25) is 9.00 Å². The predicted octanol–water partition coefficient (Wildman–Crippen LogP) is 4.09. The minimum atomic E-state index is -2.39. The van der Waals surface area contributed by atoms with E-state index >= 15 is 0 Å². The van der Waals surface area contributed by atoms with Crippen molar-refractivity contribution in [2.45, 2.75) is 37.2 Å². The van der Waals surface area contributed by atoms with Crippen molar-refractivity contribution in [3.8, 4) is 28.8 Å². The molecule has 1 aromatic heterocycles. The van der Waals surface area contributed by atoms with E-state index in [0.717, 1.165) is 11.1 Å². The summed E-state index contributed by atoms with van der Waals surface area (Å²) in [4.78, 5) is 15.7. The fourth-order valence-electron chi connectivity index (χ4n) is 3.72. The van der Waals surface area contributed by atoms with E-state index in [9.17, 15) is 18.8 Å². The minimum Gasteiger partial charge on any atom is -0.771 e. The molecule has 8 nitrogen and oxygen atoms in total. The summed E-state index contributed by atoms with van der Waals surface area (Å²) in [6.07, 6.45) is 5.00. The maximum absolute atomic E-state index is 12.5. The molecule has 36 heavy (non-hydrogen) atoms. The normalized spacial score (nSPS) is 16.4. The standard InChI is InChI=1S/C27H25N3O5S/c28-14-23-12-20(26(31)30-27(10-11-27)36(32)33)6-7-22(23)17-34-24-3-1-2-19(13-24)21-8-9-25(29-15-21)35-16-18-4-5-18/h1-3,6-9,12-13,15,18H,4-5,10-11,16-17H2,(H,30,31)(H,32,33)/p-1. The van der Waals surface area contributed by atoms with Crippen LogP contribution >= 0.6 is 0 Å². The zero-order valence-corrected chi connectivity index (χ0v) is 20.3. The van der Waals surface area contributed by atoms with E-state index in [1.54, 1.807) is 18.3 Å². The van der Waals surface area contributed by atoms with Crippen LogP contribution in [0.4, 0.5) is 0 Å². The fraction of sp³-hybridized carbons (Fsp3) is 0.296. The highest BCUT2D eigenvalue weighted by molar-refractivity contribution is 7.81. The Kier molecular flexibility index (Phi) is 6.72. The lowest BCUT2D eigenvalue weighted by Gasteiger charge is -2.20. The molecule has 2 aromatic carbocycles. The smallest absolute Gasteiger partial charge is 0.252 e. The summed E-state index contributed by atoms with van der Waals surface area (Å²) in [5, 5.41) is 12.1. The van der Waals surface area contributed by atoms with Crippen LogP contribution in [-0.2, 0) is 17.7 Å². The van der Waals surface area contributed by atoms with E-state index in [4.69, 9.17) is 9.47 Å². The van der Waals surface area contributed by atoms with Crippen molar-refractivity contribution in [3.05, 3.63) is 77.5 Å². The highest BCUT2D eigenvalue weighted by Crippen LogP contribution is 2.38. The second-order valence-electron chi connectivity index (χ2n) is 9.12. The number of pyridine rings is 1. The van der Waals surface area contributed by atoms with E-state index in [1.807, 2.05) is 36.4 Å². The lowest BCUT2D eigenvalue weighted by molar-refractivity contribution is 0.0944. The molecule has 1 amide bonds. The van der Waals surface area contributed by atoms with Gasteiger partial charge in [-0.15, -0.1) is 0 Å². The van der Waals surface area contributed by atoms with Crippen molar-refractivity contribution in [1.82, 2.24) is 10.3 Å². The Morgan fingerprint density at radius 2 is 1.97 bits per heavy atom. The van der Waals surface area contributed by atoms with Crippen LogP contribution in [0.5, 0.6) is 11.6 Å². The lowest BCUT2D eigenvalue weighted by atomic mass is 10.0. The number of amides is 1. The fourth-order valence-corrected chi connectivity index (χ4v) is 4.34. The Hall–Kier alpha value is -3.74. The Balaban J connectivity index is 1.23. The van der Waals surface area contributed by atoms with Gasteiger partial charge >= 0.3 is 0 Å². The molecule has 2 aliphatic rings. The summed E-state index contributed by atoms with van der Waals surface area (Å²) in [7, 11) is 0. The van der Waals surface area contributed by atoms with Crippen molar-refractivity contribution >= 4 is 17.0 Å². The molecule has 3 aromatic rings. The highest BCUT2D eigenvalue weighted by Gasteiger charge is 2.45. The summed E-state index contributed by atoms with van der Waals surface area (Å²) in [5.41, 5.74) is 3.00. The van der Waals surface area contributed by atoms with Gasteiger partial charge in [-0.25, -0.2) is 4.98 Å². The van der Waals surface area contributed by atoms with Crippen LogP contribution in [-0.4, -0.2) is 31.1 Å². The predicted molar refractivity (Wildman–Crippen MR) is 132 cm³/mol. The number of hydrogen-bond acceptors (Lipinski definition) is 7. The van der Waals surface area contributed by atoms with Crippen LogP contribution in [0.3, 0.4) is 0 Å². The molecular formula is C27H24N3O5S-. The zero-order chi connectivity index (χ0) is 25.1. The first-order valence-corrected chi connectivity index (χ1v) is 12.8. The van der Waals surface area contributed by atoms with E-state index in [0.29, 0.717) is 42.6 Å². The van der Waals surface area contributed by atoms with Crippen LogP contribution in [0.2, 0.25) is 0 Å². The third-order valence-electron chi connectivity index (χ3n) is 6.32. The first-order chi connectivity index (χ1) is 17.5. The molecule has 1 unspecified atom stereocenters. The van der Waals surface area contributed by atoms with Gasteiger partial charge in [-0.2, -0.15) is 5.26 Å². The molecule has 5 rings (SSSR count). The second-order valence-corrected chi connectivity index (χ2v) is 10.4. The number of carbonyl (C=O) groups excluding carboxylic acids is 1. The molecule has 0 aliphatic heterocycles. The number of rotatable bonds is 10. The topological polar surface area (TPSA) is 124 Å². The van der Waals surface area contributed by atoms with Gasteiger partial charge in [0, 0.05) is 29.0 Å². The number of nitriles is 1. The van der Waals surface area contributed by atoms with E-state index < -0.39 is 21.9 Å². The maximum atomic E-state index is 12.5. The summed E-state index contributed by atoms with van der Waals surface area (Å²) < 4.78 is 34.3. The SMILES string of the molecule is N#Cc1cc(C(=O)NC2(S(=O)[O-])CC2)ccc1COc1cccc(-c2ccc(OCC3CC3)nc2)c1. The van der Waals surface area contributed by atoms with Crippen LogP contribution in [0, 0.1) is 17.2 Å².